The van der Waals surface area contributed by atoms with Gasteiger partial charge < -0.3 is 9.51 Å². The Hall–Kier alpha value is -2.25. The van der Waals surface area contributed by atoms with E-state index >= 15 is 0 Å². The first-order chi connectivity index (χ1) is 14.2. The number of fused-ring (bicyclic) bond motifs is 1. The number of nitrogens with zero attached hydrogens (tertiary/aromatic N) is 4. The second kappa shape index (κ2) is 7.88. The first kappa shape index (κ1) is 18.8. The van der Waals surface area contributed by atoms with Crippen molar-refractivity contribution in [2.75, 3.05) is 6.54 Å². The number of imidazole rings is 1. The van der Waals surface area contributed by atoms with Crippen LogP contribution in [0.3, 0.4) is 0 Å². The largest absolute Gasteiger partial charge is 0.347 e. The predicted octanol–water partition coefficient (Wildman–Crippen LogP) is 4.93. The van der Waals surface area contributed by atoms with Crippen LogP contribution in [-0.4, -0.2) is 31.6 Å². The second-order valence-electron chi connectivity index (χ2n) is 8.07. The zero-order valence-corrected chi connectivity index (χ0v) is 16.8. The van der Waals surface area contributed by atoms with Crippen molar-refractivity contribution in [3.05, 3.63) is 52.6 Å². The van der Waals surface area contributed by atoms with Gasteiger partial charge in [-0.15, -0.1) is 0 Å². The summed E-state index contributed by atoms with van der Waals surface area (Å²) in [4.78, 5) is 14.8. The number of hydrogen-bond donors (Lipinski definition) is 1. The highest BCUT2D eigenvalue weighted by Crippen LogP contribution is 2.35. The number of halogens is 2. The Balaban J connectivity index is 1.42. The van der Waals surface area contributed by atoms with Crippen molar-refractivity contribution >= 4 is 11.6 Å². The second-order valence-corrected chi connectivity index (χ2v) is 8.47. The lowest BCUT2D eigenvalue weighted by atomic mass is 9.88. The van der Waals surface area contributed by atoms with Crippen LogP contribution in [0.5, 0.6) is 0 Å². The molecule has 1 saturated carbocycles. The summed E-state index contributed by atoms with van der Waals surface area (Å²) in [6.45, 7) is 1.82. The van der Waals surface area contributed by atoms with Crippen LogP contribution < -0.4 is 0 Å². The molecule has 0 bridgehead atoms. The monoisotopic (exact) mass is 415 g/mol. The highest BCUT2D eigenvalue weighted by Gasteiger charge is 2.34. The van der Waals surface area contributed by atoms with E-state index in [0.29, 0.717) is 23.2 Å². The van der Waals surface area contributed by atoms with Gasteiger partial charge in [-0.25, -0.2) is 9.37 Å². The lowest BCUT2D eigenvalue weighted by molar-refractivity contribution is 0.104. The molecule has 1 aromatic carbocycles. The van der Waals surface area contributed by atoms with E-state index in [9.17, 15) is 4.39 Å². The predicted molar refractivity (Wildman–Crippen MR) is 107 cm³/mol. The molecular formula is C21H23ClFN5O. The van der Waals surface area contributed by atoms with Crippen molar-refractivity contribution in [1.29, 1.82) is 0 Å². The summed E-state index contributed by atoms with van der Waals surface area (Å²) in [6.07, 6.45) is 9.02. The average molecular weight is 416 g/mol. The minimum absolute atomic E-state index is 0.00935. The molecule has 29 heavy (non-hydrogen) atoms. The van der Waals surface area contributed by atoms with Gasteiger partial charge in [0.15, 0.2) is 0 Å². The van der Waals surface area contributed by atoms with Crippen molar-refractivity contribution in [3.63, 3.8) is 0 Å². The lowest BCUT2D eigenvalue weighted by Crippen LogP contribution is -2.38. The maximum absolute atomic E-state index is 13.5. The first-order valence-corrected chi connectivity index (χ1v) is 10.6. The molecule has 1 N–H and O–H groups in total. The van der Waals surface area contributed by atoms with Gasteiger partial charge in [0.2, 0.25) is 11.7 Å². The summed E-state index contributed by atoms with van der Waals surface area (Å²) in [5.74, 6) is 1.24. The number of nitrogens with one attached hydrogen (secondary N) is 1. The summed E-state index contributed by atoms with van der Waals surface area (Å²) < 4.78 is 19.1. The Morgan fingerprint density at radius 1 is 1.24 bits per heavy atom. The molecule has 0 saturated heterocycles. The topological polar surface area (TPSA) is 70.8 Å². The van der Waals surface area contributed by atoms with Gasteiger partial charge in [0, 0.05) is 25.1 Å². The van der Waals surface area contributed by atoms with Crippen LogP contribution in [0.1, 0.15) is 55.4 Å². The van der Waals surface area contributed by atoms with Crippen LogP contribution >= 0.6 is 11.6 Å². The molecule has 2 aliphatic rings. The fourth-order valence-electron chi connectivity index (χ4n) is 4.55. The Morgan fingerprint density at radius 2 is 2.10 bits per heavy atom. The number of H-pyrrole nitrogens is 1. The molecule has 2 aromatic heterocycles. The van der Waals surface area contributed by atoms with Crippen LogP contribution in [0, 0.1) is 11.7 Å². The molecular weight excluding hydrogens is 393 g/mol. The number of hydrogen-bond acceptors (Lipinski definition) is 5. The smallest absolute Gasteiger partial charge is 0.244 e. The van der Waals surface area contributed by atoms with Gasteiger partial charge in [-0.05, 0) is 37.0 Å². The molecule has 1 aliphatic carbocycles. The van der Waals surface area contributed by atoms with E-state index in [1.165, 1.54) is 49.9 Å². The van der Waals surface area contributed by atoms with E-state index in [1.807, 2.05) is 0 Å². The van der Waals surface area contributed by atoms with Gasteiger partial charge in [-0.2, -0.15) is 4.98 Å². The van der Waals surface area contributed by atoms with Gasteiger partial charge in [0.05, 0.1) is 28.8 Å². The zero-order chi connectivity index (χ0) is 19.8. The highest BCUT2D eigenvalue weighted by atomic mass is 35.5. The third-order valence-corrected chi connectivity index (χ3v) is 6.41. The fourth-order valence-corrected chi connectivity index (χ4v) is 4.73. The van der Waals surface area contributed by atoms with Crippen LogP contribution in [0.15, 0.2) is 29.0 Å². The van der Waals surface area contributed by atoms with E-state index in [1.54, 1.807) is 12.4 Å². The minimum Gasteiger partial charge on any atom is -0.347 e. The minimum atomic E-state index is -0.462. The molecule has 0 spiro atoms. The maximum Gasteiger partial charge on any atom is 0.244 e. The van der Waals surface area contributed by atoms with Crippen LogP contribution in [0.4, 0.5) is 4.39 Å². The quantitative estimate of drug-likeness (QED) is 0.654. The third kappa shape index (κ3) is 3.81. The summed E-state index contributed by atoms with van der Waals surface area (Å²) in [6, 6.07) is 4.45. The van der Waals surface area contributed by atoms with Crippen LogP contribution in [0.25, 0.3) is 11.4 Å². The SMILES string of the molecule is Fc1ccc(-c2noc([C@@H]3Cc4nc[nH]c4CN3CC3CCCCC3)n2)cc1Cl. The van der Waals surface area contributed by atoms with E-state index in [0.717, 1.165) is 25.2 Å². The molecule has 0 radical (unpaired) electrons. The van der Waals surface area contributed by atoms with E-state index < -0.39 is 5.82 Å². The molecule has 0 unspecified atom stereocenters. The van der Waals surface area contributed by atoms with E-state index in [4.69, 9.17) is 16.1 Å². The lowest BCUT2D eigenvalue weighted by Gasteiger charge is -2.36. The van der Waals surface area contributed by atoms with Gasteiger partial charge in [0.1, 0.15) is 5.82 Å². The molecule has 3 aromatic rings. The summed E-state index contributed by atoms with van der Waals surface area (Å²) in [5.41, 5.74) is 2.86. The number of rotatable bonds is 4. The summed E-state index contributed by atoms with van der Waals surface area (Å²) in [7, 11) is 0. The van der Waals surface area contributed by atoms with E-state index in [-0.39, 0.29) is 11.1 Å². The number of benzene rings is 1. The average Bonchev–Trinajstić information content (AvgIpc) is 3.39. The third-order valence-electron chi connectivity index (χ3n) is 6.12. The highest BCUT2D eigenvalue weighted by molar-refractivity contribution is 6.31. The Kier molecular flexibility index (Phi) is 5.09. The molecule has 1 aliphatic heterocycles. The first-order valence-electron chi connectivity index (χ1n) is 10.2. The molecule has 0 amide bonds. The van der Waals surface area contributed by atoms with Crippen molar-refractivity contribution < 1.29 is 8.91 Å². The van der Waals surface area contributed by atoms with Gasteiger partial charge >= 0.3 is 0 Å². The van der Waals surface area contributed by atoms with Gasteiger partial charge in [-0.1, -0.05) is 36.0 Å². The molecule has 6 nitrogen and oxygen atoms in total. The summed E-state index contributed by atoms with van der Waals surface area (Å²) >= 11 is 5.91. The zero-order valence-electron chi connectivity index (χ0n) is 16.1. The molecule has 3 heterocycles. The number of aromatic nitrogens is 4. The Morgan fingerprint density at radius 3 is 2.93 bits per heavy atom. The van der Waals surface area contributed by atoms with Crippen LogP contribution in [0.2, 0.25) is 5.02 Å². The van der Waals surface area contributed by atoms with Gasteiger partial charge in [-0.3, -0.25) is 4.90 Å². The Labute approximate surface area is 173 Å². The molecule has 5 rings (SSSR count). The van der Waals surface area contributed by atoms with Crippen molar-refractivity contribution in [1.82, 2.24) is 25.0 Å². The van der Waals surface area contributed by atoms with Crippen molar-refractivity contribution in [2.24, 2.45) is 5.92 Å². The molecule has 8 heteroatoms. The van der Waals surface area contributed by atoms with Crippen molar-refractivity contribution in [2.45, 2.75) is 51.1 Å². The standard InChI is InChI=1S/C21H23ClFN5O/c22-15-8-14(6-7-16(15)23)20-26-21(29-27-20)19-9-17-18(25-12-24-17)11-28(19)10-13-4-2-1-3-5-13/h6-8,12-13,19H,1-5,9-11H2,(H,24,25)/t19-/m0/s1. The van der Waals surface area contributed by atoms with Crippen molar-refractivity contribution in [3.8, 4) is 11.4 Å². The van der Waals surface area contributed by atoms with E-state index in [2.05, 4.69) is 25.0 Å². The maximum atomic E-state index is 13.5. The molecule has 1 atom stereocenters. The van der Waals surface area contributed by atoms with Gasteiger partial charge in [0.25, 0.3) is 0 Å². The number of aromatic amines is 1. The molecule has 1 fully saturated rings. The summed E-state index contributed by atoms with van der Waals surface area (Å²) in [5, 5.41) is 4.18. The normalized spacial score (nSPS) is 20.7. The van der Waals surface area contributed by atoms with Crippen LogP contribution in [-0.2, 0) is 13.0 Å². The Bertz CT molecular complexity index is 997. The fraction of sp³-hybridized carbons (Fsp3) is 0.476. The molecule has 152 valence electrons.